The summed E-state index contributed by atoms with van der Waals surface area (Å²) >= 11 is 0. The van der Waals surface area contributed by atoms with Gasteiger partial charge in [-0.2, -0.15) is 0 Å². The molecule has 164 valence electrons. The van der Waals surface area contributed by atoms with E-state index in [0.717, 1.165) is 28.9 Å². The number of ether oxygens (including phenoxy) is 1. The van der Waals surface area contributed by atoms with Crippen molar-refractivity contribution in [3.63, 3.8) is 0 Å². The van der Waals surface area contributed by atoms with Crippen LogP contribution in [0, 0.1) is 10.1 Å². The first-order chi connectivity index (χ1) is 14.5. The fourth-order valence-electron chi connectivity index (χ4n) is 3.92. The van der Waals surface area contributed by atoms with Crippen LogP contribution in [0.2, 0.25) is 0 Å². The molecule has 3 rings (SSSR count). The molecule has 0 saturated heterocycles. The first-order valence-electron chi connectivity index (χ1n) is 10.3. The molecule has 2 amide bonds. The molecule has 8 nitrogen and oxygen atoms in total. The number of non-ortho nitro benzene ring substituents is 1. The number of ketones is 1. The van der Waals surface area contributed by atoms with E-state index in [9.17, 15) is 24.5 Å². The van der Waals surface area contributed by atoms with Crippen molar-refractivity contribution in [2.45, 2.75) is 64.0 Å². The minimum Gasteiger partial charge on any atom is -0.443 e. The topological polar surface area (TPSA) is 107 Å². The van der Waals surface area contributed by atoms with E-state index in [1.54, 1.807) is 45.1 Å². The number of nitro groups is 1. The summed E-state index contributed by atoms with van der Waals surface area (Å²) in [6, 6.07) is 5.46. The SMILES string of the molecule is CC(C)(C)OC(=O)N1C(=O)C=CC1C(CC1=CC(=O)CCC1)c1ccc([N+](=O)[O-])cc1. The Morgan fingerprint density at radius 1 is 1.23 bits per heavy atom. The van der Waals surface area contributed by atoms with Gasteiger partial charge >= 0.3 is 6.09 Å². The Labute approximate surface area is 180 Å². The number of carbonyl (C=O) groups is 3. The average molecular weight is 426 g/mol. The van der Waals surface area contributed by atoms with Gasteiger partial charge in [-0.3, -0.25) is 19.7 Å². The number of nitro benzene ring substituents is 1. The molecule has 31 heavy (non-hydrogen) atoms. The Bertz CT molecular complexity index is 955. The standard InChI is InChI=1S/C23H26N2O6/c1-23(2,3)31-22(28)24-20(11-12-21(24)27)19(14-15-5-4-6-18(26)13-15)16-7-9-17(10-8-16)25(29)30/h7-13,19-20H,4-6,14H2,1-3H3. The van der Waals surface area contributed by atoms with Gasteiger partial charge in [0, 0.05) is 30.5 Å². The second-order valence-corrected chi connectivity index (χ2v) is 8.82. The summed E-state index contributed by atoms with van der Waals surface area (Å²) in [5, 5.41) is 11.0. The van der Waals surface area contributed by atoms with E-state index in [1.165, 1.54) is 18.2 Å². The quantitative estimate of drug-likeness (QED) is 0.509. The predicted octanol–water partition coefficient (Wildman–Crippen LogP) is 4.45. The van der Waals surface area contributed by atoms with Gasteiger partial charge < -0.3 is 4.74 Å². The Hall–Kier alpha value is -3.29. The minimum absolute atomic E-state index is 0.0448. The number of rotatable bonds is 5. The summed E-state index contributed by atoms with van der Waals surface area (Å²) in [5.74, 6) is -0.779. The number of imide groups is 1. The highest BCUT2D eigenvalue weighted by Crippen LogP contribution is 2.37. The summed E-state index contributed by atoms with van der Waals surface area (Å²) in [5.41, 5.74) is 0.863. The molecule has 1 heterocycles. The fraction of sp³-hybridized carbons (Fsp3) is 0.435. The van der Waals surface area contributed by atoms with Gasteiger partial charge in [0.1, 0.15) is 5.60 Å². The maximum atomic E-state index is 12.8. The molecule has 0 aromatic heterocycles. The lowest BCUT2D eigenvalue weighted by Crippen LogP contribution is -2.45. The van der Waals surface area contributed by atoms with Crippen molar-refractivity contribution in [1.82, 2.24) is 4.90 Å². The van der Waals surface area contributed by atoms with Crippen LogP contribution in [0.25, 0.3) is 0 Å². The van der Waals surface area contributed by atoms with Crippen LogP contribution in [0.5, 0.6) is 0 Å². The lowest BCUT2D eigenvalue weighted by Gasteiger charge is -2.33. The highest BCUT2D eigenvalue weighted by atomic mass is 16.6. The van der Waals surface area contributed by atoms with Crippen molar-refractivity contribution in [2.75, 3.05) is 0 Å². The van der Waals surface area contributed by atoms with Crippen LogP contribution in [-0.4, -0.2) is 39.2 Å². The molecule has 1 aliphatic carbocycles. The fourth-order valence-corrected chi connectivity index (χ4v) is 3.92. The summed E-state index contributed by atoms with van der Waals surface area (Å²) in [6.07, 6.45) is 6.37. The highest BCUT2D eigenvalue weighted by molar-refractivity contribution is 6.01. The number of nitrogens with zero attached hydrogens (tertiary/aromatic N) is 2. The zero-order valence-electron chi connectivity index (χ0n) is 17.9. The van der Waals surface area contributed by atoms with Gasteiger partial charge in [0.15, 0.2) is 5.78 Å². The lowest BCUT2D eigenvalue weighted by molar-refractivity contribution is -0.384. The van der Waals surface area contributed by atoms with Gasteiger partial charge in [-0.1, -0.05) is 23.8 Å². The van der Waals surface area contributed by atoms with Crippen molar-refractivity contribution >= 4 is 23.5 Å². The van der Waals surface area contributed by atoms with E-state index in [1.807, 2.05) is 0 Å². The Balaban J connectivity index is 1.96. The van der Waals surface area contributed by atoms with Crippen LogP contribution in [0.4, 0.5) is 10.5 Å². The van der Waals surface area contributed by atoms with Crippen molar-refractivity contribution in [1.29, 1.82) is 0 Å². The maximum Gasteiger partial charge on any atom is 0.417 e. The van der Waals surface area contributed by atoms with E-state index < -0.39 is 28.6 Å². The van der Waals surface area contributed by atoms with Crippen LogP contribution >= 0.6 is 0 Å². The molecule has 2 unspecified atom stereocenters. The smallest absolute Gasteiger partial charge is 0.417 e. The third kappa shape index (κ3) is 5.45. The molecule has 0 radical (unpaired) electrons. The third-order valence-electron chi connectivity index (χ3n) is 5.27. The first-order valence-corrected chi connectivity index (χ1v) is 10.3. The molecule has 8 heteroatoms. The van der Waals surface area contributed by atoms with Gasteiger partial charge in [0.05, 0.1) is 11.0 Å². The van der Waals surface area contributed by atoms with E-state index in [4.69, 9.17) is 4.74 Å². The zero-order chi connectivity index (χ0) is 22.8. The molecule has 1 aromatic carbocycles. The van der Waals surface area contributed by atoms with Gasteiger partial charge in [-0.25, -0.2) is 9.69 Å². The number of allylic oxidation sites excluding steroid dienone is 2. The number of hydrogen-bond donors (Lipinski definition) is 0. The molecular formula is C23H26N2O6. The summed E-state index contributed by atoms with van der Waals surface area (Å²) in [4.78, 5) is 48.9. The van der Waals surface area contributed by atoms with Crippen molar-refractivity contribution in [2.24, 2.45) is 0 Å². The molecule has 1 aliphatic heterocycles. The maximum absolute atomic E-state index is 12.8. The average Bonchev–Trinajstić information content (AvgIpc) is 3.06. The lowest BCUT2D eigenvalue weighted by atomic mass is 9.82. The van der Waals surface area contributed by atoms with Crippen molar-refractivity contribution < 1.29 is 24.0 Å². The van der Waals surface area contributed by atoms with E-state index in [-0.39, 0.29) is 17.4 Å². The van der Waals surface area contributed by atoms with Crippen molar-refractivity contribution in [3.05, 3.63) is 63.7 Å². The van der Waals surface area contributed by atoms with Crippen LogP contribution in [-0.2, 0) is 14.3 Å². The second-order valence-electron chi connectivity index (χ2n) is 8.82. The van der Waals surface area contributed by atoms with Gasteiger partial charge in [-0.15, -0.1) is 0 Å². The molecule has 2 atom stereocenters. The highest BCUT2D eigenvalue weighted by Gasteiger charge is 2.40. The summed E-state index contributed by atoms with van der Waals surface area (Å²) in [7, 11) is 0. The molecule has 0 N–H and O–H groups in total. The van der Waals surface area contributed by atoms with E-state index in [0.29, 0.717) is 12.8 Å². The van der Waals surface area contributed by atoms with Crippen LogP contribution < -0.4 is 0 Å². The van der Waals surface area contributed by atoms with Crippen LogP contribution in [0.1, 0.15) is 57.9 Å². The molecule has 2 aliphatic rings. The van der Waals surface area contributed by atoms with Gasteiger partial charge in [-0.05, 0) is 51.7 Å². The van der Waals surface area contributed by atoms with Crippen molar-refractivity contribution in [3.8, 4) is 0 Å². The largest absolute Gasteiger partial charge is 0.443 e. The van der Waals surface area contributed by atoms with E-state index >= 15 is 0 Å². The van der Waals surface area contributed by atoms with Crippen LogP contribution in [0.3, 0.4) is 0 Å². The number of benzene rings is 1. The number of amides is 2. The first kappa shape index (κ1) is 22.4. The van der Waals surface area contributed by atoms with Gasteiger partial charge in [0.25, 0.3) is 11.6 Å². The molecular weight excluding hydrogens is 400 g/mol. The van der Waals surface area contributed by atoms with Gasteiger partial charge in [0.2, 0.25) is 0 Å². The van der Waals surface area contributed by atoms with E-state index in [2.05, 4.69) is 0 Å². The summed E-state index contributed by atoms with van der Waals surface area (Å²) < 4.78 is 5.43. The monoisotopic (exact) mass is 426 g/mol. The Morgan fingerprint density at radius 2 is 1.90 bits per heavy atom. The predicted molar refractivity (Wildman–Crippen MR) is 113 cm³/mol. The second kappa shape index (κ2) is 8.83. The zero-order valence-corrected chi connectivity index (χ0v) is 17.9. The molecule has 1 aromatic rings. The van der Waals surface area contributed by atoms with Crippen LogP contribution in [0.15, 0.2) is 48.1 Å². The molecule has 0 bridgehead atoms. The summed E-state index contributed by atoms with van der Waals surface area (Å²) in [6.45, 7) is 5.17. The third-order valence-corrected chi connectivity index (χ3v) is 5.27. The minimum atomic E-state index is -0.772. The number of carbonyl (C=O) groups excluding carboxylic acids is 3. The Morgan fingerprint density at radius 3 is 2.48 bits per heavy atom. The molecule has 0 saturated carbocycles. The Kier molecular flexibility index (Phi) is 6.38. The molecule has 0 fully saturated rings. The normalized spacial score (nSPS) is 19.9. The number of hydrogen-bond acceptors (Lipinski definition) is 6. The molecule has 0 spiro atoms.